The highest BCUT2D eigenvalue weighted by Crippen LogP contribution is 2.32. The van der Waals surface area contributed by atoms with Crippen molar-refractivity contribution < 1.29 is 19.5 Å². The Balaban J connectivity index is 1.79. The first-order valence-corrected chi connectivity index (χ1v) is 10.2. The Kier molecular flexibility index (Phi) is 6.16. The summed E-state index contributed by atoms with van der Waals surface area (Å²) in [6, 6.07) is 9.57. The average Bonchev–Trinajstić information content (AvgIpc) is 2.66. The molecule has 0 unspecified atom stereocenters. The van der Waals surface area contributed by atoms with Gasteiger partial charge in [-0.3, -0.25) is 14.4 Å². The minimum Gasteiger partial charge on any atom is -0.394 e. The molecule has 0 bridgehead atoms. The van der Waals surface area contributed by atoms with E-state index in [4.69, 9.17) is 11.6 Å². The average molecular weight is 434 g/mol. The molecule has 1 aliphatic heterocycles. The van der Waals surface area contributed by atoms with Crippen molar-refractivity contribution in [3.05, 3.63) is 52.5 Å². The van der Waals surface area contributed by atoms with Crippen molar-refractivity contribution in [2.45, 2.75) is 24.3 Å². The molecule has 152 valence electrons. The highest BCUT2D eigenvalue weighted by molar-refractivity contribution is 8.00. The smallest absolute Gasteiger partial charge is 0.255 e. The largest absolute Gasteiger partial charge is 0.394 e. The zero-order chi connectivity index (χ0) is 21.2. The molecule has 0 aliphatic carbocycles. The molecule has 1 heterocycles. The number of amides is 3. The summed E-state index contributed by atoms with van der Waals surface area (Å²) >= 11 is 7.52. The highest BCUT2D eigenvalue weighted by atomic mass is 35.5. The minimum atomic E-state index is -0.797. The molecule has 4 N–H and O–H groups in total. The van der Waals surface area contributed by atoms with Crippen LogP contribution < -0.4 is 16.0 Å². The zero-order valence-corrected chi connectivity index (χ0v) is 17.4. The predicted molar refractivity (Wildman–Crippen MR) is 114 cm³/mol. The first-order chi connectivity index (χ1) is 13.7. The number of benzene rings is 2. The molecule has 0 saturated heterocycles. The van der Waals surface area contributed by atoms with Crippen LogP contribution in [0.25, 0.3) is 0 Å². The third-order valence-corrected chi connectivity index (χ3v) is 5.43. The van der Waals surface area contributed by atoms with Crippen LogP contribution in [0.3, 0.4) is 0 Å². The van der Waals surface area contributed by atoms with Crippen LogP contribution in [0.1, 0.15) is 34.6 Å². The number of aliphatic hydroxyl groups excluding tert-OH is 1. The quantitative estimate of drug-likeness (QED) is 0.579. The lowest BCUT2D eigenvalue weighted by Crippen LogP contribution is -2.46. The van der Waals surface area contributed by atoms with Gasteiger partial charge >= 0.3 is 0 Å². The van der Waals surface area contributed by atoms with Crippen molar-refractivity contribution in [3.63, 3.8) is 0 Å². The van der Waals surface area contributed by atoms with Gasteiger partial charge in [0.25, 0.3) is 11.8 Å². The minimum absolute atomic E-state index is 0.114. The van der Waals surface area contributed by atoms with Gasteiger partial charge in [0.1, 0.15) is 0 Å². The van der Waals surface area contributed by atoms with Gasteiger partial charge in [-0.15, -0.1) is 11.8 Å². The van der Waals surface area contributed by atoms with E-state index in [0.29, 0.717) is 22.7 Å². The van der Waals surface area contributed by atoms with Crippen LogP contribution in [0, 0.1) is 0 Å². The number of hydrogen-bond acceptors (Lipinski definition) is 5. The van der Waals surface area contributed by atoms with Crippen LogP contribution in [-0.4, -0.2) is 40.7 Å². The maximum atomic E-state index is 12.6. The van der Waals surface area contributed by atoms with Crippen molar-refractivity contribution in [1.29, 1.82) is 0 Å². The number of fused-ring (bicyclic) bond motifs is 1. The third kappa shape index (κ3) is 5.29. The van der Waals surface area contributed by atoms with Gasteiger partial charge in [-0.2, -0.15) is 0 Å². The van der Waals surface area contributed by atoms with E-state index in [1.54, 1.807) is 32.0 Å². The predicted octanol–water partition coefficient (Wildman–Crippen LogP) is 3.14. The molecule has 0 spiro atoms. The number of rotatable bonds is 5. The van der Waals surface area contributed by atoms with E-state index in [1.807, 2.05) is 0 Å². The summed E-state index contributed by atoms with van der Waals surface area (Å²) in [6.07, 6.45) is 0. The van der Waals surface area contributed by atoms with Gasteiger partial charge in [-0.05, 0) is 50.2 Å². The fourth-order valence-corrected chi connectivity index (χ4v) is 3.66. The standard InChI is InChI=1S/C20H20ClN3O4S/c1-20(2,10-25)24-19(28)12-5-13(21)8-14(6-12)22-18(27)11-3-4-16-15(7-11)23-17(26)9-29-16/h3-8,25H,9-10H2,1-2H3,(H,22,27)(H,23,26)(H,24,28). The van der Waals surface area contributed by atoms with Gasteiger partial charge in [-0.25, -0.2) is 0 Å². The summed E-state index contributed by atoms with van der Waals surface area (Å²) in [5, 5.41) is 17.8. The van der Waals surface area contributed by atoms with Crippen molar-refractivity contribution >= 4 is 52.5 Å². The van der Waals surface area contributed by atoms with Crippen LogP contribution in [0.15, 0.2) is 41.3 Å². The van der Waals surface area contributed by atoms with Gasteiger partial charge in [0.15, 0.2) is 0 Å². The second-order valence-electron chi connectivity index (χ2n) is 7.23. The molecule has 0 atom stereocenters. The van der Waals surface area contributed by atoms with E-state index in [9.17, 15) is 19.5 Å². The maximum Gasteiger partial charge on any atom is 0.255 e. The Labute approximate surface area is 177 Å². The number of anilines is 2. The molecule has 29 heavy (non-hydrogen) atoms. The number of hydrogen-bond donors (Lipinski definition) is 4. The van der Waals surface area contributed by atoms with E-state index < -0.39 is 17.4 Å². The van der Waals surface area contributed by atoms with Crippen LogP contribution in [-0.2, 0) is 4.79 Å². The maximum absolute atomic E-state index is 12.6. The lowest BCUT2D eigenvalue weighted by atomic mass is 10.1. The summed E-state index contributed by atoms with van der Waals surface area (Å²) in [6.45, 7) is 3.15. The van der Waals surface area contributed by atoms with Crippen molar-refractivity contribution in [1.82, 2.24) is 5.32 Å². The zero-order valence-electron chi connectivity index (χ0n) is 15.8. The van der Waals surface area contributed by atoms with Crippen LogP contribution >= 0.6 is 23.4 Å². The first kappa shape index (κ1) is 21.2. The lowest BCUT2D eigenvalue weighted by Gasteiger charge is -2.23. The lowest BCUT2D eigenvalue weighted by molar-refractivity contribution is -0.113. The fourth-order valence-electron chi connectivity index (χ4n) is 2.64. The Morgan fingerprint density at radius 1 is 1.17 bits per heavy atom. The molecule has 2 aromatic carbocycles. The molecule has 0 radical (unpaired) electrons. The van der Waals surface area contributed by atoms with Gasteiger partial charge < -0.3 is 21.1 Å². The van der Waals surface area contributed by atoms with Gasteiger partial charge in [-0.1, -0.05) is 11.6 Å². The van der Waals surface area contributed by atoms with E-state index in [-0.39, 0.29) is 23.1 Å². The molecule has 0 fully saturated rings. The monoisotopic (exact) mass is 433 g/mol. The van der Waals surface area contributed by atoms with E-state index in [1.165, 1.54) is 30.0 Å². The molecule has 0 saturated carbocycles. The summed E-state index contributed by atoms with van der Waals surface area (Å²) in [4.78, 5) is 37.5. The number of nitrogens with one attached hydrogen (secondary N) is 3. The Bertz CT molecular complexity index is 994. The van der Waals surface area contributed by atoms with E-state index >= 15 is 0 Å². The number of carbonyl (C=O) groups excluding carboxylic acids is 3. The second kappa shape index (κ2) is 8.44. The molecule has 3 rings (SSSR count). The third-order valence-electron chi connectivity index (χ3n) is 4.14. The Hall–Kier alpha value is -2.55. The number of aliphatic hydroxyl groups is 1. The van der Waals surface area contributed by atoms with Crippen molar-refractivity contribution in [2.24, 2.45) is 0 Å². The molecular weight excluding hydrogens is 414 g/mol. The Morgan fingerprint density at radius 3 is 2.66 bits per heavy atom. The molecule has 1 aliphatic rings. The second-order valence-corrected chi connectivity index (χ2v) is 8.68. The van der Waals surface area contributed by atoms with E-state index in [0.717, 1.165) is 4.90 Å². The van der Waals surface area contributed by atoms with Crippen LogP contribution in [0.5, 0.6) is 0 Å². The normalized spacial score (nSPS) is 13.3. The van der Waals surface area contributed by atoms with Gasteiger partial charge in [0.2, 0.25) is 5.91 Å². The van der Waals surface area contributed by atoms with Crippen molar-refractivity contribution in [3.8, 4) is 0 Å². The van der Waals surface area contributed by atoms with Crippen LogP contribution in [0.2, 0.25) is 5.02 Å². The number of thioether (sulfide) groups is 1. The molecule has 9 heteroatoms. The number of carbonyl (C=O) groups is 3. The fraction of sp³-hybridized carbons (Fsp3) is 0.250. The molecule has 7 nitrogen and oxygen atoms in total. The van der Waals surface area contributed by atoms with Crippen LogP contribution in [0.4, 0.5) is 11.4 Å². The molecule has 2 aromatic rings. The Morgan fingerprint density at radius 2 is 1.93 bits per heavy atom. The molecule has 0 aromatic heterocycles. The highest BCUT2D eigenvalue weighted by Gasteiger charge is 2.21. The topological polar surface area (TPSA) is 108 Å². The van der Waals surface area contributed by atoms with Gasteiger partial charge in [0.05, 0.1) is 23.6 Å². The summed E-state index contributed by atoms with van der Waals surface area (Å²) < 4.78 is 0. The first-order valence-electron chi connectivity index (χ1n) is 8.79. The summed E-state index contributed by atoms with van der Waals surface area (Å²) in [5.41, 5.74) is 0.762. The molecule has 3 amide bonds. The number of halogens is 1. The summed E-state index contributed by atoms with van der Waals surface area (Å²) in [5.74, 6) is -0.590. The SMILES string of the molecule is CC(C)(CO)NC(=O)c1cc(Cl)cc(NC(=O)c2ccc3c(c2)NC(=O)CS3)c1. The van der Waals surface area contributed by atoms with Gasteiger partial charge in [0, 0.05) is 26.7 Å². The van der Waals surface area contributed by atoms with E-state index in [2.05, 4.69) is 16.0 Å². The van der Waals surface area contributed by atoms with Crippen molar-refractivity contribution in [2.75, 3.05) is 23.0 Å². The molecular formula is C20H20ClN3O4S. The summed E-state index contributed by atoms with van der Waals surface area (Å²) in [7, 11) is 0.